The fourth-order valence-electron chi connectivity index (χ4n) is 3.25. The lowest BCUT2D eigenvalue weighted by atomic mass is 10.2. The molecule has 1 fully saturated rings. The van der Waals surface area contributed by atoms with E-state index < -0.39 is 38.0 Å². The zero-order chi connectivity index (χ0) is 25.4. The molecule has 1 aromatic carbocycles. The van der Waals surface area contributed by atoms with E-state index in [-0.39, 0.29) is 30.9 Å². The third kappa shape index (κ3) is 7.87. The van der Waals surface area contributed by atoms with Crippen molar-refractivity contribution in [1.82, 2.24) is 14.6 Å². The molecule has 3 rings (SSSR count). The smallest absolute Gasteiger partial charge is 0.459 e. The summed E-state index contributed by atoms with van der Waals surface area (Å²) in [4.78, 5) is 28.2. The van der Waals surface area contributed by atoms with Gasteiger partial charge in [-0.25, -0.2) is 9.36 Å². The Morgan fingerprint density at radius 2 is 2.06 bits per heavy atom. The summed E-state index contributed by atoms with van der Waals surface area (Å²) in [5.41, 5.74) is 4.92. The number of hydrogen-bond acceptors (Lipinski definition) is 10. The molecular weight excluding hydrogens is 479 g/mol. The Morgan fingerprint density at radius 1 is 1.31 bits per heavy atom. The first kappa shape index (κ1) is 26.8. The zero-order valence-corrected chi connectivity index (χ0v) is 20.8. The third-order valence-corrected chi connectivity index (χ3v) is 6.61. The molecule has 192 valence electrons. The van der Waals surface area contributed by atoms with Crippen LogP contribution in [0.15, 0.2) is 47.4 Å². The lowest BCUT2D eigenvalue weighted by Crippen LogP contribution is -2.37. The number of esters is 1. The predicted octanol–water partition coefficient (Wildman–Crippen LogP) is 2.61. The van der Waals surface area contributed by atoms with Crippen molar-refractivity contribution in [3.05, 3.63) is 53.1 Å². The fourth-order valence-corrected chi connectivity index (χ4v) is 4.72. The maximum Gasteiger partial charge on any atom is 0.459 e. The highest BCUT2D eigenvalue weighted by molar-refractivity contribution is 7.52. The minimum Gasteiger partial charge on any atom is -0.462 e. The van der Waals surface area contributed by atoms with Gasteiger partial charge in [-0.2, -0.15) is 10.1 Å². The molecule has 3 N–H and O–H groups in total. The maximum absolute atomic E-state index is 13.6. The summed E-state index contributed by atoms with van der Waals surface area (Å²) in [5, 5.41) is 2.62. The van der Waals surface area contributed by atoms with Gasteiger partial charge in [0.2, 0.25) is 0 Å². The summed E-state index contributed by atoms with van der Waals surface area (Å²) < 4.78 is 42.5. The van der Waals surface area contributed by atoms with Crippen LogP contribution >= 0.6 is 7.75 Å². The number of nitrogens with two attached hydrogens (primary N) is 1. The summed E-state index contributed by atoms with van der Waals surface area (Å²) in [6.07, 6.45) is 1.01. The van der Waals surface area contributed by atoms with Crippen molar-refractivity contribution in [2.75, 3.05) is 18.9 Å². The Bertz CT molecular complexity index is 1080. The molecule has 1 aliphatic rings. The van der Waals surface area contributed by atoms with Gasteiger partial charge in [0.1, 0.15) is 24.2 Å². The molecule has 1 aliphatic heterocycles. The van der Waals surface area contributed by atoms with Crippen molar-refractivity contribution in [2.45, 2.75) is 58.3 Å². The number of hydrogen-bond donors (Lipinski definition) is 2. The van der Waals surface area contributed by atoms with Gasteiger partial charge in [-0.3, -0.25) is 13.9 Å². The molecule has 0 amide bonds. The van der Waals surface area contributed by atoms with Crippen LogP contribution in [0.25, 0.3) is 0 Å². The molecule has 0 aliphatic carbocycles. The SMILES string of the molecule is CCC[C@H](C)OC(=O)[C@H](C)N[P@](=O)(OC[C@H]1OC[C@@H](n2ccc(N)nc2=O)O1)Oc1ccccc1. The van der Waals surface area contributed by atoms with Gasteiger partial charge < -0.3 is 24.5 Å². The molecule has 0 radical (unpaired) electrons. The van der Waals surface area contributed by atoms with Crippen LogP contribution in [-0.4, -0.2) is 47.2 Å². The predicted molar refractivity (Wildman–Crippen MR) is 126 cm³/mol. The first-order valence-corrected chi connectivity index (χ1v) is 12.8. The van der Waals surface area contributed by atoms with Gasteiger partial charge in [0.25, 0.3) is 0 Å². The van der Waals surface area contributed by atoms with Gasteiger partial charge >= 0.3 is 19.4 Å². The molecule has 2 heterocycles. The Morgan fingerprint density at radius 3 is 2.74 bits per heavy atom. The average molecular weight is 510 g/mol. The van der Waals surface area contributed by atoms with E-state index in [4.69, 9.17) is 29.0 Å². The molecule has 35 heavy (non-hydrogen) atoms. The highest BCUT2D eigenvalue weighted by Crippen LogP contribution is 2.45. The van der Waals surface area contributed by atoms with Crippen LogP contribution in [0.5, 0.6) is 5.75 Å². The number of benzene rings is 1. The Balaban J connectivity index is 1.65. The molecular formula is C22H31N4O8P. The second-order valence-electron chi connectivity index (χ2n) is 7.98. The van der Waals surface area contributed by atoms with E-state index in [0.717, 1.165) is 6.42 Å². The number of aromatic nitrogens is 2. The van der Waals surface area contributed by atoms with Gasteiger partial charge in [0, 0.05) is 6.20 Å². The molecule has 2 aromatic rings. The van der Waals surface area contributed by atoms with E-state index in [0.29, 0.717) is 6.42 Å². The Kier molecular flexibility index (Phi) is 9.41. The van der Waals surface area contributed by atoms with E-state index in [1.165, 1.54) is 23.8 Å². The number of rotatable bonds is 12. The van der Waals surface area contributed by atoms with Crippen molar-refractivity contribution >= 4 is 19.5 Å². The molecule has 12 nitrogen and oxygen atoms in total. The number of nitrogens with zero attached hydrogens (tertiary/aromatic N) is 2. The quantitative estimate of drug-likeness (QED) is 0.320. The maximum atomic E-state index is 13.6. The monoisotopic (exact) mass is 510 g/mol. The first-order valence-electron chi connectivity index (χ1n) is 11.3. The van der Waals surface area contributed by atoms with Crippen molar-refractivity contribution in [3.8, 4) is 5.75 Å². The van der Waals surface area contributed by atoms with Gasteiger partial charge in [0.15, 0.2) is 12.5 Å². The first-order chi connectivity index (χ1) is 16.7. The summed E-state index contributed by atoms with van der Waals surface area (Å²) >= 11 is 0. The largest absolute Gasteiger partial charge is 0.462 e. The summed E-state index contributed by atoms with van der Waals surface area (Å²) in [6, 6.07) is 8.86. The Hall–Kier alpha value is -2.76. The second kappa shape index (κ2) is 12.3. The van der Waals surface area contributed by atoms with Crippen molar-refractivity contribution in [2.24, 2.45) is 0 Å². The summed E-state index contributed by atoms with van der Waals surface area (Å²) in [5.74, 6) is -0.226. The number of carbonyl (C=O) groups excluding carboxylic acids is 1. The molecule has 0 unspecified atom stereocenters. The second-order valence-corrected chi connectivity index (χ2v) is 9.67. The number of para-hydroxylation sites is 1. The number of ether oxygens (including phenoxy) is 3. The van der Waals surface area contributed by atoms with E-state index in [9.17, 15) is 14.2 Å². The van der Waals surface area contributed by atoms with Crippen LogP contribution in [0.3, 0.4) is 0 Å². The molecule has 1 aromatic heterocycles. The van der Waals surface area contributed by atoms with Crippen LogP contribution in [0.2, 0.25) is 0 Å². The van der Waals surface area contributed by atoms with Crippen LogP contribution in [0, 0.1) is 0 Å². The number of nitrogens with one attached hydrogen (secondary N) is 1. The van der Waals surface area contributed by atoms with Crippen LogP contribution in [-0.2, 0) is 28.1 Å². The minimum atomic E-state index is -4.08. The molecule has 1 saturated heterocycles. The molecule has 0 spiro atoms. The van der Waals surface area contributed by atoms with Gasteiger partial charge in [-0.1, -0.05) is 31.5 Å². The molecule has 0 saturated carbocycles. The normalized spacial score (nSPS) is 21.1. The van der Waals surface area contributed by atoms with E-state index >= 15 is 0 Å². The van der Waals surface area contributed by atoms with Crippen LogP contribution in [0.1, 0.15) is 39.8 Å². The lowest BCUT2D eigenvalue weighted by Gasteiger charge is -2.24. The van der Waals surface area contributed by atoms with E-state index in [2.05, 4.69) is 10.1 Å². The van der Waals surface area contributed by atoms with Crippen molar-refractivity contribution in [1.29, 1.82) is 0 Å². The molecule has 0 bridgehead atoms. The number of anilines is 1. The topological polar surface area (TPSA) is 153 Å². The van der Waals surface area contributed by atoms with Crippen LogP contribution < -0.4 is 21.0 Å². The average Bonchev–Trinajstić information content (AvgIpc) is 3.27. The van der Waals surface area contributed by atoms with Crippen molar-refractivity contribution in [3.63, 3.8) is 0 Å². The van der Waals surface area contributed by atoms with E-state index in [1.807, 2.05) is 6.92 Å². The summed E-state index contributed by atoms with van der Waals surface area (Å²) in [6.45, 7) is 5.01. The number of carbonyl (C=O) groups is 1. The summed E-state index contributed by atoms with van der Waals surface area (Å²) in [7, 11) is -4.08. The minimum absolute atomic E-state index is 0.0366. The lowest BCUT2D eigenvalue weighted by molar-refractivity contribution is -0.150. The standard InChI is InChI=1S/C22H31N4O8P/c1-4-8-15(2)32-21(27)16(3)25-35(29,34-17-9-6-5-7-10-17)31-14-20-30-13-19(33-20)26-12-11-18(23)24-22(26)28/h5-7,9-12,15-16,19-20H,4,8,13-14H2,1-3H3,(H,25,29)(H2,23,24,28)/t15-,16-,19-,20-,35-/m0/s1. The Labute approximate surface area is 203 Å². The molecule has 13 heteroatoms. The van der Waals surface area contributed by atoms with E-state index in [1.54, 1.807) is 37.3 Å². The highest BCUT2D eigenvalue weighted by Gasteiger charge is 2.36. The fraction of sp³-hybridized carbons (Fsp3) is 0.500. The van der Waals surface area contributed by atoms with Crippen LogP contribution in [0.4, 0.5) is 5.82 Å². The third-order valence-electron chi connectivity index (χ3n) is 4.96. The van der Waals surface area contributed by atoms with Gasteiger partial charge in [0.05, 0.1) is 12.7 Å². The van der Waals surface area contributed by atoms with Gasteiger partial charge in [-0.15, -0.1) is 0 Å². The zero-order valence-electron chi connectivity index (χ0n) is 19.9. The van der Waals surface area contributed by atoms with Crippen molar-refractivity contribution < 1.29 is 32.6 Å². The van der Waals surface area contributed by atoms with Gasteiger partial charge in [-0.05, 0) is 38.5 Å². The number of nitrogen functional groups attached to an aromatic ring is 1. The molecule has 5 atom stereocenters. The highest BCUT2D eigenvalue weighted by atomic mass is 31.2.